The lowest BCUT2D eigenvalue weighted by Gasteiger charge is -2.42. The van der Waals surface area contributed by atoms with Gasteiger partial charge in [0.05, 0.1) is 0 Å². The molecule has 4 rings (SSSR count). The number of nitrogens with one attached hydrogen (secondary N) is 1. The molecule has 3 unspecified atom stereocenters. The molecule has 0 amide bonds. The van der Waals surface area contributed by atoms with Crippen LogP contribution in [0.2, 0.25) is 0 Å². The van der Waals surface area contributed by atoms with E-state index in [1.54, 1.807) is 11.5 Å². The Morgan fingerprint density at radius 3 is 2.93 bits per heavy atom. The number of nitrogens with zero attached hydrogens (tertiary/aromatic N) is 2. The molecule has 0 radical (unpaired) electrons. The summed E-state index contributed by atoms with van der Waals surface area (Å²) in [5.41, 5.74) is 0. The number of hydrogen-bond acceptors (Lipinski definition) is 4. The molecular formula is C11H17N3S. The van der Waals surface area contributed by atoms with Crippen molar-refractivity contribution >= 4 is 11.5 Å². The van der Waals surface area contributed by atoms with Crippen molar-refractivity contribution < 1.29 is 0 Å². The zero-order valence-electron chi connectivity index (χ0n) is 9.07. The van der Waals surface area contributed by atoms with E-state index in [9.17, 15) is 0 Å². The summed E-state index contributed by atoms with van der Waals surface area (Å²) < 4.78 is 4.40. The lowest BCUT2D eigenvalue weighted by molar-refractivity contribution is 0.182. The molecule has 1 aliphatic carbocycles. The summed E-state index contributed by atoms with van der Waals surface area (Å²) in [7, 11) is 0. The molecule has 2 bridgehead atoms. The summed E-state index contributed by atoms with van der Waals surface area (Å²) in [6, 6.07) is 0.674. The molecule has 3 fully saturated rings. The number of hydrogen-bond donors (Lipinski definition) is 1. The number of rotatable bonds is 2. The van der Waals surface area contributed by atoms with Gasteiger partial charge < -0.3 is 5.32 Å². The van der Waals surface area contributed by atoms with Crippen LogP contribution in [0.4, 0.5) is 0 Å². The number of aryl methyl sites for hydroxylation is 1. The van der Waals surface area contributed by atoms with Gasteiger partial charge in [-0.2, -0.15) is 4.37 Å². The molecule has 4 heteroatoms. The fourth-order valence-electron chi connectivity index (χ4n) is 2.84. The van der Waals surface area contributed by atoms with Gasteiger partial charge in [-0.05, 0) is 43.3 Å². The van der Waals surface area contributed by atoms with E-state index in [2.05, 4.69) is 21.6 Å². The number of fused-ring (bicyclic) bond motifs is 3. The van der Waals surface area contributed by atoms with E-state index in [1.807, 2.05) is 0 Å². The second kappa shape index (κ2) is 3.83. The predicted octanol–water partition coefficient (Wildman–Crippen LogP) is 1.96. The van der Waals surface area contributed by atoms with E-state index in [4.69, 9.17) is 0 Å². The highest BCUT2D eigenvalue weighted by molar-refractivity contribution is 7.05. The minimum absolute atomic E-state index is 0.648. The second-order valence-electron chi connectivity index (χ2n) is 4.70. The zero-order chi connectivity index (χ0) is 10.3. The van der Waals surface area contributed by atoms with E-state index in [1.165, 1.54) is 30.8 Å². The van der Waals surface area contributed by atoms with Gasteiger partial charge in [-0.1, -0.05) is 6.92 Å². The molecule has 1 aromatic rings. The van der Waals surface area contributed by atoms with Crippen molar-refractivity contribution in [3.05, 3.63) is 10.8 Å². The first-order valence-electron chi connectivity index (χ1n) is 5.92. The highest BCUT2D eigenvalue weighted by Gasteiger charge is 2.37. The average molecular weight is 223 g/mol. The average Bonchev–Trinajstić information content (AvgIpc) is 2.79. The first-order chi connectivity index (χ1) is 7.36. The predicted molar refractivity (Wildman–Crippen MR) is 61.2 cm³/mol. The third kappa shape index (κ3) is 1.70. The first kappa shape index (κ1) is 9.73. The molecule has 0 spiro atoms. The first-order valence-corrected chi connectivity index (χ1v) is 6.70. The Balaban J connectivity index is 1.81. The Morgan fingerprint density at radius 1 is 1.47 bits per heavy atom. The van der Waals surface area contributed by atoms with Gasteiger partial charge >= 0.3 is 0 Å². The molecule has 3 atom stereocenters. The van der Waals surface area contributed by atoms with Crippen molar-refractivity contribution in [3.8, 4) is 0 Å². The largest absolute Gasteiger partial charge is 0.313 e. The van der Waals surface area contributed by atoms with Gasteiger partial charge in [0.2, 0.25) is 0 Å². The van der Waals surface area contributed by atoms with Crippen molar-refractivity contribution in [1.82, 2.24) is 14.7 Å². The lowest BCUT2D eigenvalue weighted by Crippen LogP contribution is -2.48. The van der Waals surface area contributed by atoms with Crippen molar-refractivity contribution in [2.45, 2.75) is 44.6 Å². The van der Waals surface area contributed by atoms with Crippen LogP contribution >= 0.6 is 11.5 Å². The van der Waals surface area contributed by atoms with Gasteiger partial charge in [0, 0.05) is 18.4 Å². The van der Waals surface area contributed by atoms with Gasteiger partial charge in [-0.3, -0.25) is 0 Å². The van der Waals surface area contributed by atoms with Crippen LogP contribution in [0.3, 0.4) is 0 Å². The van der Waals surface area contributed by atoms with E-state index < -0.39 is 0 Å². The normalized spacial score (nSPS) is 34.6. The zero-order valence-corrected chi connectivity index (χ0v) is 9.89. The lowest BCUT2D eigenvalue weighted by atomic mass is 9.74. The fourth-order valence-corrected chi connectivity index (χ4v) is 3.75. The maximum atomic E-state index is 4.64. The van der Waals surface area contributed by atoms with Crippen molar-refractivity contribution in [2.24, 2.45) is 5.92 Å². The smallest absolute Gasteiger partial charge is 0.142 e. The van der Waals surface area contributed by atoms with E-state index in [-0.39, 0.29) is 0 Å². The standard InChI is InChI=1S/C11H17N3S/c1-2-10-13-11(15-14-10)8-5-7-3-4-9(8)12-6-7/h7-9,12H,2-6H2,1H3. The number of aromatic nitrogens is 2. The topological polar surface area (TPSA) is 37.8 Å². The molecule has 3 heterocycles. The maximum Gasteiger partial charge on any atom is 0.142 e. The quantitative estimate of drug-likeness (QED) is 0.833. The highest BCUT2D eigenvalue weighted by Crippen LogP contribution is 2.40. The van der Waals surface area contributed by atoms with Gasteiger partial charge in [0.1, 0.15) is 10.8 Å². The van der Waals surface area contributed by atoms with Gasteiger partial charge in [-0.25, -0.2) is 4.98 Å². The molecule has 1 saturated carbocycles. The van der Waals surface area contributed by atoms with Crippen LogP contribution in [0.1, 0.15) is 42.9 Å². The molecular weight excluding hydrogens is 206 g/mol. The van der Waals surface area contributed by atoms with Crippen molar-refractivity contribution in [2.75, 3.05) is 6.54 Å². The fraction of sp³-hybridized carbons (Fsp3) is 0.818. The maximum absolute atomic E-state index is 4.64. The van der Waals surface area contributed by atoms with E-state index >= 15 is 0 Å². The molecule has 15 heavy (non-hydrogen) atoms. The Bertz CT molecular complexity index is 341. The summed E-state index contributed by atoms with van der Waals surface area (Å²) in [5.74, 6) is 2.56. The SMILES string of the molecule is CCc1nsc(C2CC3CCC2NC3)n1. The van der Waals surface area contributed by atoms with Crippen LogP contribution in [-0.4, -0.2) is 21.9 Å². The molecule has 3 aliphatic rings. The van der Waals surface area contributed by atoms with Crippen LogP contribution < -0.4 is 5.32 Å². The molecule has 2 saturated heterocycles. The summed E-state index contributed by atoms with van der Waals surface area (Å²) in [4.78, 5) is 4.64. The van der Waals surface area contributed by atoms with Crippen molar-refractivity contribution in [3.63, 3.8) is 0 Å². The second-order valence-corrected chi connectivity index (χ2v) is 5.49. The number of piperidine rings is 2. The summed E-state index contributed by atoms with van der Waals surface area (Å²) >= 11 is 1.62. The summed E-state index contributed by atoms with van der Waals surface area (Å²) in [5, 5.41) is 4.91. The Hall–Kier alpha value is -0.480. The molecule has 2 aliphatic heterocycles. The van der Waals surface area contributed by atoms with Gasteiger partial charge in [-0.15, -0.1) is 0 Å². The van der Waals surface area contributed by atoms with E-state index in [0.29, 0.717) is 12.0 Å². The van der Waals surface area contributed by atoms with E-state index in [0.717, 1.165) is 18.2 Å². The van der Waals surface area contributed by atoms with Crippen LogP contribution in [0.15, 0.2) is 0 Å². The minimum Gasteiger partial charge on any atom is -0.313 e. The third-order valence-corrected chi connectivity index (χ3v) is 4.63. The van der Waals surface area contributed by atoms with Crippen LogP contribution in [-0.2, 0) is 6.42 Å². The Morgan fingerprint density at radius 2 is 2.40 bits per heavy atom. The molecule has 82 valence electrons. The summed E-state index contributed by atoms with van der Waals surface area (Å²) in [6.45, 7) is 3.34. The molecule has 1 aromatic heterocycles. The monoisotopic (exact) mass is 223 g/mol. The minimum atomic E-state index is 0.648. The molecule has 3 nitrogen and oxygen atoms in total. The third-order valence-electron chi connectivity index (χ3n) is 3.74. The van der Waals surface area contributed by atoms with Crippen molar-refractivity contribution in [1.29, 1.82) is 0 Å². The Labute approximate surface area is 94.5 Å². The Kier molecular flexibility index (Phi) is 2.48. The molecule has 0 aromatic carbocycles. The van der Waals surface area contributed by atoms with Gasteiger partial charge in [0.25, 0.3) is 0 Å². The van der Waals surface area contributed by atoms with Crippen LogP contribution in [0.5, 0.6) is 0 Å². The van der Waals surface area contributed by atoms with Crippen LogP contribution in [0.25, 0.3) is 0 Å². The highest BCUT2D eigenvalue weighted by atomic mass is 32.1. The van der Waals surface area contributed by atoms with Gasteiger partial charge in [0.15, 0.2) is 0 Å². The molecule has 1 N–H and O–H groups in total. The summed E-state index contributed by atoms with van der Waals surface area (Å²) in [6.07, 6.45) is 5.03. The van der Waals surface area contributed by atoms with Crippen LogP contribution in [0, 0.1) is 5.92 Å².